The van der Waals surface area contributed by atoms with Gasteiger partial charge in [-0.15, -0.1) is 0 Å². The quantitative estimate of drug-likeness (QED) is 0.521. The molecule has 1 aromatic carbocycles. The van der Waals surface area contributed by atoms with Crippen LogP contribution < -0.4 is 10.1 Å². The van der Waals surface area contributed by atoms with Gasteiger partial charge in [0.25, 0.3) is 5.22 Å². The summed E-state index contributed by atoms with van der Waals surface area (Å²) in [4.78, 5) is 25.2. The molecule has 0 aliphatic heterocycles. The molecule has 0 radical (unpaired) electrons. The minimum absolute atomic E-state index is 0.172. The van der Waals surface area contributed by atoms with E-state index in [1.807, 2.05) is 37.3 Å². The van der Waals surface area contributed by atoms with Crippen LogP contribution in [0.4, 0.5) is 5.13 Å². The second-order valence-electron chi connectivity index (χ2n) is 5.44. The van der Waals surface area contributed by atoms with Gasteiger partial charge in [-0.05, 0) is 37.3 Å². The molecule has 3 aromatic heterocycles. The van der Waals surface area contributed by atoms with Crippen molar-refractivity contribution in [1.82, 2.24) is 15.0 Å². The second kappa shape index (κ2) is 6.93. The number of pyridine rings is 1. The van der Waals surface area contributed by atoms with E-state index >= 15 is 0 Å². The summed E-state index contributed by atoms with van der Waals surface area (Å²) in [5, 5.41) is 3.77. The van der Waals surface area contributed by atoms with Crippen LogP contribution in [0, 0.1) is 6.92 Å². The monoisotopic (exact) mass is 386 g/mol. The molecule has 4 aromatic rings. The number of nitrogens with zero attached hydrogens (tertiary/aromatic N) is 3. The van der Waals surface area contributed by atoms with Gasteiger partial charge < -0.3 is 14.5 Å². The lowest BCUT2D eigenvalue weighted by Gasteiger charge is -1.98. The number of amides is 1. The number of aryl methyl sites for hydroxylation is 1. The lowest BCUT2D eigenvalue weighted by molar-refractivity contribution is -0.113. The molecule has 0 saturated heterocycles. The Morgan fingerprint density at radius 3 is 3.00 bits per heavy atom. The average Bonchev–Trinajstić information content (AvgIpc) is 3.21. The summed E-state index contributed by atoms with van der Waals surface area (Å²) in [7, 11) is 1.62. The molecular formula is C17H14N4O3S2. The lowest BCUT2D eigenvalue weighted by atomic mass is 10.3. The highest BCUT2D eigenvalue weighted by molar-refractivity contribution is 7.99. The molecule has 3 heterocycles. The minimum Gasteiger partial charge on any atom is -0.497 e. The third kappa shape index (κ3) is 3.49. The molecule has 0 atom stereocenters. The zero-order valence-corrected chi connectivity index (χ0v) is 15.6. The average molecular weight is 386 g/mol. The molecule has 0 spiro atoms. The molecule has 9 heteroatoms. The first-order chi connectivity index (χ1) is 12.6. The standard InChI is InChI=1S/C17H14N4O3S2/c1-9-3-6-12-15(18-9)21-17(24-12)25-8-14(22)20-16-19-11-5-4-10(23-2)7-13(11)26-16/h3-7H,8H2,1-2H3,(H,19,20,22). The van der Waals surface area contributed by atoms with E-state index in [0.717, 1.165) is 21.7 Å². The van der Waals surface area contributed by atoms with Crippen LogP contribution in [0.25, 0.3) is 21.4 Å². The number of rotatable bonds is 5. The van der Waals surface area contributed by atoms with Gasteiger partial charge in [-0.25, -0.2) is 9.97 Å². The fourth-order valence-electron chi connectivity index (χ4n) is 2.32. The minimum atomic E-state index is -0.174. The zero-order valence-electron chi connectivity index (χ0n) is 14.0. The van der Waals surface area contributed by atoms with Crippen molar-refractivity contribution in [3.63, 3.8) is 0 Å². The number of hydrogen-bond donors (Lipinski definition) is 1. The Labute approximate surface area is 156 Å². The number of nitrogens with one attached hydrogen (secondary N) is 1. The number of thioether (sulfide) groups is 1. The lowest BCUT2D eigenvalue weighted by Crippen LogP contribution is -2.13. The van der Waals surface area contributed by atoms with Crippen molar-refractivity contribution in [2.45, 2.75) is 12.1 Å². The Morgan fingerprint density at radius 2 is 2.15 bits per heavy atom. The number of thiazole rings is 1. The van der Waals surface area contributed by atoms with Crippen LogP contribution in [0.3, 0.4) is 0 Å². The van der Waals surface area contributed by atoms with Gasteiger partial charge in [0.1, 0.15) is 5.75 Å². The smallest absolute Gasteiger partial charge is 0.258 e. The summed E-state index contributed by atoms with van der Waals surface area (Å²) < 4.78 is 11.7. The summed E-state index contributed by atoms with van der Waals surface area (Å²) in [6, 6.07) is 9.28. The van der Waals surface area contributed by atoms with Crippen LogP contribution in [0.2, 0.25) is 0 Å². The molecule has 7 nitrogen and oxygen atoms in total. The van der Waals surface area contributed by atoms with Gasteiger partial charge in [-0.3, -0.25) is 4.79 Å². The number of fused-ring (bicyclic) bond motifs is 2. The van der Waals surface area contributed by atoms with Crippen LogP contribution in [-0.4, -0.2) is 33.7 Å². The molecule has 0 aliphatic carbocycles. The molecule has 132 valence electrons. The highest BCUT2D eigenvalue weighted by Gasteiger charge is 2.12. The number of hydrogen-bond acceptors (Lipinski definition) is 8. The van der Waals surface area contributed by atoms with Crippen molar-refractivity contribution in [2.24, 2.45) is 0 Å². The molecule has 4 rings (SSSR count). The maximum Gasteiger partial charge on any atom is 0.258 e. The maximum absolute atomic E-state index is 12.2. The zero-order chi connectivity index (χ0) is 18.1. The summed E-state index contributed by atoms with van der Waals surface area (Å²) >= 11 is 2.62. The van der Waals surface area contributed by atoms with Crippen LogP contribution >= 0.6 is 23.1 Å². The number of benzene rings is 1. The molecule has 26 heavy (non-hydrogen) atoms. The van der Waals surface area contributed by atoms with Gasteiger partial charge in [-0.2, -0.15) is 4.98 Å². The van der Waals surface area contributed by atoms with Crippen molar-refractivity contribution in [1.29, 1.82) is 0 Å². The van der Waals surface area contributed by atoms with Crippen molar-refractivity contribution >= 4 is 55.6 Å². The van der Waals surface area contributed by atoms with Crippen molar-refractivity contribution in [3.05, 3.63) is 36.0 Å². The number of carbonyl (C=O) groups excluding carboxylic acids is 1. The Bertz CT molecular complexity index is 1110. The van der Waals surface area contributed by atoms with Gasteiger partial charge in [0.2, 0.25) is 5.91 Å². The molecule has 0 aliphatic rings. The van der Waals surface area contributed by atoms with Crippen molar-refractivity contribution in [2.75, 3.05) is 18.2 Å². The third-order valence-corrected chi connectivity index (χ3v) is 5.30. The predicted molar refractivity (Wildman–Crippen MR) is 102 cm³/mol. The number of aromatic nitrogens is 3. The first kappa shape index (κ1) is 16.8. The number of carbonyl (C=O) groups is 1. The van der Waals surface area contributed by atoms with E-state index in [2.05, 4.69) is 20.3 Å². The van der Waals surface area contributed by atoms with Crippen molar-refractivity contribution < 1.29 is 13.9 Å². The first-order valence-electron chi connectivity index (χ1n) is 7.72. The van der Waals surface area contributed by atoms with E-state index in [1.165, 1.54) is 23.1 Å². The number of ether oxygens (including phenoxy) is 1. The van der Waals surface area contributed by atoms with Crippen LogP contribution in [0.1, 0.15) is 5.69 Å². The summed E-state index contributed by atoms with van der Waals surface area (Å²) in [5.74, 6) is 0.757. The van der Waals surface area contributed by atoms with E-state index in [0.29, 0.717) is 21.6 Å². The third-order valence-electron chi connectivity index (χ3n) is 3.54. The second-order valence-corrected chi connectivity index (χ2v) is 7.40. The Hall–Kier alpha value is -2.65. The molecular weight excluding hydrogens is 372 g/mol. The van der Waals surface area contributed by atoms with Crippen LogP contribution in [0.15, 0.2) is 40.0 Å². The van der Waals surface area contributed by atoms with Gasteiger partial charge >= 0.3 is 0 Å². The number of anilines is 1. The van der Waals surface area contributed by atoms with Gasteiger partial charge in [0.15, 0.2) is 16.4 Å². The Balaban J connectivity index is 1.41. The maximum atomic E-state index is 12.2. The highest BCUT2D eigenvalue weighted by atomic mass is 32.2. The molecule has 0 unspecified atom stereocenters. The molecule has 1 amide bonds. The summed E-state index contributed by atoms with van der Waals surface area (Å²) in [5.41, 5.74) is 2.85. The molecule has 0 bridgehead atoms. The fourth-order valence-corrected chi connectivity index (χ4v) is 3.86. The first-order valence-corrected chi connectivity index (χ1v) is 9.52. The molecule has 0 saturated carbocycles. The van der Waals surface area contributed by atoms with Gasteiger partial charge in [-0.1, -0.05) is 23.1 Å². The summed E-state index contributed by atoms with van der Waals surface area (Å²) in [6.07, 6.45) is 0. The highest BCUT2D eigenvalue weighted by Crippen LogP contribution is 2.29. The van der Waals surface area contributed by atoms with Crippen LogP contribution in [-0.2, 0) is 4.79 Å². The Morgan fingerprint density at radius 1 is 1.27 bits per heavy atom. The molecule has 1 N–H and O–H groups in total. The number of oxazole rings is 1. The van der Waals surface area contributed by atoms with E-state index in [1.54, 1.807) is 7.11 Å². The normalized spacial score (nSPS) is 11.2. The van der Waals surface area contributed by atoms with Gasteiger partial charge in [0, 0.05) is 5.69 Å². The van der Waals surface area contributed by atoms with Crippen molar-refractivity contribution in [3.8, 4) is 5.75 Å². The predicted octanol–water partition coefficient (Wildman–Crippen LogP) is 3.88. The van der Waals surface area contributed by atoms with E-state index in [4.69, 9.17) is 9.15 Å². The summed E-state index contributed by atoms with van der Waals surface area (Å²) in [6.45, 7) is 1.89. The van der Waals surface area contributed by atoms with Gasteiger partial charge in [0.05, 0.1) is 23.1 Å². The van der Waals surface area contributed by atoms with E-state index < -0.39 is 0 Å². The largest absolute Gasteiger partial charge is 0.497 e. The molecule has 0 fully saturated rings. The fraction of sp³-hybridized carbons (Fsp3) is 0.176. The van der Waals surface area contributed by atoms with E-state index in [9.17, 15) is 4.79 Å². The van der Waals surface area contributed by atoms with E-state index in [-0.39, 0.29) is 11.7 Å². The Kier molecular flexibility index (Phi) is 4.48. The number of methoxy groups -OCH3 is 1. The SMILES string of the molecule is COc1ccc2nc(NC(=O)CSc3nc4nc(C)ccc4o3)sc2c1. The van der Waals surface area contributed by atoms with Crippen LogP contribution in [0.5, 0.6) is 5.75 Å². The topological polar surface area (TPSA) is 90.1 Å².